The highest BCUT2D eigenvalue weighted by molar-refractivity contribution is 6.15. The normalized spacial score (nSPS) is 10.9. The number of benzene rings is 2. The van der Waals surface area contributed by atoms with Crippen molar-refractivity contribution < 1.29 is 28.2 Å². The zero-order chi connectivity index (χ0) is 24.1. The number of allylic oxidation sites excluding steroid dienone is 1. The van der Waals surface area contributed by atoms with E-state index in [0.29, 0.717) is 39.5 Å². The molecule has 1 aromatic heterocycles. The molecule has 0 atom stereocenters. The SMILES string of the molecule is C=C(C)COc1ccc2c(C)cc(=O)oc2c1C(=O)/C=C/c1cc(OC)c(OC)c(OC)c1. The van der Waals surface area contributed by atoms with Crippen LogP contribution >= 0.6 is 0 Å². The second-order valence-corrected chi connectivity index (χ2v) is 7.47. The lowest BCUT2D eigenvalue weighted by Gasteiger charge is -2.13. The smallest absolute Gasteiger partial charge is 0.336 e. The first kappa shape index (κ1) is 23.7. The summed E-state index contributed by atoms with van der Waals surface area (Å²) in [6, 6.07) is 8.28. The van der Waals surface area contributed by atoms with Crippen LogP contribution in [0, 0.1) is 6.92 Å². The summed E-state index contributed by atoms with van der Waals surface area (Å²) in [7, 11) is 4.55. The molecule has 1 heterocycles. The van der Waals surface area contributed by atoms with Crippen molar-refractivity contribution in [1.82, 2.24) is 0 Å². The van der Waals surface area contributed by atoms with E-state index in [4.69, 9.17) is 23.4 Å². The van der Waals surface area contributed by atoms with Gasteiger partial charge in [-0.25, -0.2) is 4.79 Å². The summed E-state index contributed by atoms with van der Waals surface area (Å²) in [6.07, 6.45) is 2.99. The molecule has 172 valence electrons. The van der Waals surface area contributed by atoms with Crippen molar-refractivity contribution in [1.29, 1.82) is 0 Å². The van der Waals surface area contributed by atoms with Crippen LogP contribution in [0.1, 0.15) is 28.4 Å². The van der Waals surface area contributed by atoms with Gasteiger partial charge in [-0.05, 0) is 60.9 Å². The van der Waals surface area contributed by atoms with Gasteiger partial charge in [-0.15, -0.1) is 0 Å². The van der Waals surface area contributed by atoms with Crippen LogP contribution in [0.15, 0.2) is 57.8 Å². The van der Waals surface area contributed by atoms with Crippen LogP contribution < -0.4 is 24.6 Å². The molecule has 0 aliphatic heterocycles. The van der Waals surface area contributed by atoms with Crippen molar-refractivity contribution >= 4 is 22.8 Å². The van der Waals surface area contributed by atoms with Gasteiger partial charge in [0.05, 0.1) is 21.3 Å². The zero-order valence-electron chi connectivity index (χ0n) is 19.3. The predicted molar refractivity (Wildman–Crippen MR) is 127 cm³/mol. The van der Waals surface area contributed by atoms with Gasteiger partial charge >= 0.3 is 5.63 Å². The van der Waals surface area contributed by atoms with E-state index in [2.05, 4.69) is 6.58 Å². The maximum atomic E-state index is 13.3. The highest BCUT2D eigenvalue weighted by Gasteiger charge is 2.19. The summed E-state index contributed by atoms with van der Waals surface area (Å²) in [5, 5.41) is 0.654. The summed E-state index contributed by atoms with van der Waals surface area (Å²) < 4.78 is 27.3. The van der Waals surface area contributed by atoms with E-state index in [0.717, 1.165) is 5.57 Å². The van der Waals surface area contributed by atoms with Gasteiger partial charge in [0, 0.05) is 11.5 Å². The molecule has 0 aliphatic carbocycles. The van der Waals surface area contributed by atoms with Gasteiger partial charge in [0.25, 0.3) is 0 Å². The van der Waals surface area contributed by atoms with Crippen molar-refractivity contribution in [3.8, 4) is 23.0 Å². The van der Waals surface area contributed by atoms with Crippen LogP contribution in [0.25, 0.3) is 17.0 Å². The Balaban J connectivity index is 2.11. The van der Waals surface area contributed by atoms with E-state index in [1.165, 1.54) is 33.5 Å². The fourth-order valence-electron chi connectivity index (χ4n) is 3.37. The molecule has 0 aliphatic rings. The average Bonchev–Trinajstić information content (AvgIpc) is 2.79. The number of methoxy groups -OCH3 is 3. The van der Waals surface area contributed by atoms with Crippen molar-refractivity contribution in [3.63, 3.8) is 0 Å². The number of hydrogen-bond acceptors (Lipinski definition) is 7. The number of carbonyl (C=O) groups excluding carboxylic acids is 1. The van der Waals surface area contributed by atoms with Crippen LogP contribution in [-0.2, 0) is 0 Å². The topological polar surface area (TPSA) is 84.2 Å². The molecule has 0 amide bonds. The van der Waals surface area contributed by atoms with E-state index in [-0.39, 0.29) is 23.5 Å². The van der Waals surface area contributed by atoms with Crippen LogP contribution in [0.5, 0.6) is 23.0 Å². The maximum Gasteiger partial charge on any atom is 0.336 e. The van der Waals surface area contributed by atoms with Crippen LogP contribution in [0.3, 0.4) is 0 Å². The molecule has 0 bridgehead atoms. The predicted octanol–water partition coefficient (Wildman–Crippen LogP) is 4.98. The molecule has 3 aromatic rings. The third-order valence-corrected chi connectivity index (χ3v) is 4.92. The summed E-state index contributed by atoms with van der Waals surface area (Å²) in [4.78, 5) is 25.4. The number of rotatable bonds is 9. The molecule has 0 N–H and O–H groups in total. The molecule has 7 heteroatoms. The molecule has 0 spiro atoms. The first-order valence-electron chi connectivity index (χ1n) is 10.2. The lowest BCUT2D eigenvalue weighted by Crippen LogP contribution is -2.07. The van der Waals surface area contributed by atoms with Crippen molar-refractivity contribution in [2.75, 3.05) is 27.9 Å². The molecule has 2 aromatic carbocycles. The fraction of sp³-hybridized carbons (Fsp3) is 0.231. The highest BCUT2D eigenvalue weighted by atomic mass is 16.5. The molecule has 0 saturated heterocycles. The van der Waals surface area contributed by atoms with E-state index in [1.54, 1.807) is 37.3 Å². The number of ether oxygens (including phenoxy) is 4. The van der Waals surface area contributed by atoms with Gasteiger partial charge in [0.1, 0.15) is 17.9 Å². The minimum absolute atomic E-state index is 0.165. The monoisotopic (exact) mass is 450 g/mol. The summed E-state index contributed by atoms with van der Waals surface area (Å²) in [6.45, 7) is 7.65. The van der Waals surface area contributed by atoms with E-state index >= 15 is 0 Å². The van der Waals surface area contributed by atoms with Gasteiger partial charge in [-0.3, -0.25) is 4.79 Å². The fourth-order valence-corrected chi connectivity index (χ4v) is 3.37. The Morgan fingerprint density at radius 2 is 1.70 bits per heavy atom. The first-order chi connectivity index (χ1) is 15.8. The Kier molecular flexibility index (Phi) is 7.23. The van der Waals surface area contributed by atoms with Crippen molar-refractivity contribution in [2.24, 2.45) is 0 Å². The van der Waals surface area contributed by atoms with E-state index in [1.807, 2.05) is 6.92 Å². The molecule has 0 radical (unpaired) electrons. The number of ketones is 1. The Labute approximate surface area is 191 Å². The highest BCUT2D eigenvalue weighted by Crippen LogP contribution is 2.38. The lowest BCUT2D eigenvalue weighted by molar-refractivity contribution is 0.104. The van der Waals surface area contributed by atoms with Gasteiger partial charge in [-0.1, -0.05) is 12.7 Å². The molecule has 7 nitrogen and oxygen atoms in total. The minimum atomic E-state index is -0.542. The number of fused-ring (bicyclic) bond motifs is 1. The van der Waals surface area contributed by atoms with Crippen LogP contribution in [0.4, 0.5) is 0 Å². The third-order valence-electron chi connectivity index (χ3n) is 4.92. The minimum Gasteiger partial charge on any atom is -0.493 e. The second kappa shape index (κ2) is 10.1. The summed E-state index contributed by atoms with van der Waals surface area (Å²) >= 11 is 0. The van der Waals surface area contributed by atoms with Gasteiger partial charge < -0.3 is 23.4 Å². The first-order valence-corrected chi connectivity index (χ1v) is 10.2. The van der Waals surface area contributed by atoms with Gasteiger partial charge in [-0.2, -0.15) is 0 Å². The molecular formula is C26H26O7. The van der Waals surface area contributed by atoms with E-state index < -0.39 is 5.63 Å². The molecule has 33 heavy (non-hydrogen) atoms. The Hall–Kier alpha value is -4.00. The largest absolute Gasteiger partial charge is 0.493 e. The van der Waals surface area contributed by atoms with E-state index in [9.17, 15) is 9.59 Å². The third kappa shape index (κ3) is 5.09. The second-order valence-electron chi connectivity index (χ2n) is 7.47. The number of hydrogen-bond donors (Lipinski definition) is 0. The van der Waals surface area contributed by atoms with Gasteiger partial charge in [0.15, 0.2) is 22.9 Å². The van der Waals surface area contributed by atoms with Crippen molar-refractivity contribution in [3.05, 3.63) is 75.7 Å². The van der Waals surface area contributed by atoms with Crippen LogP contribution in [-0.4, -0.2) is 33.7 Å². The molecule has 0 unspecified atom stereocenters. The summed E-state index contributed by atoms with van der Waals surface area (Å²) in [5.74, 6) is 1.28. The molecule has 3 rings (SSSR count). The maximum absolute atomic E-state index is 13.3. The summed E-state index contributed by atoms with van der Waals surface area (Å²) in [5.41, 5.74) is 1.94. The quantitative estimate of drug-likeness (QED) is 0.197. The Morgan fingerprint density at radius 1 is 1.03 bits per heavy atom. The molecular weight excluding hydrogens is 424 g/mol. The number of aryl methyl sites for hydroxylation is 1. The van der Waals surface area contributed by atoms with Crippen LogP contribution in [0.2, 0.25) is 0 Å². The Bertz CT molecular complexity index is 1270. The number of carbonyl (C=O) groups is 1. The molecule has 0 saturated carbocycles. The lowest BCUT2D eigenvalue weighted by atomic mass is 10.0. The average molecular weight is 450 g/mol. The van der Waals surface area contributed by atoms with Crippen molar-refractivity contribution in [2.45, 2.75) is 13.8 Å². The standard InChI is InChI=1S/C26H26O7/c1-15(2)14-32-20-10-8-18-16(3)11-23(28)33-25(18)24(20)19(27)9-7-17-12-21(29-4)26(31-6)22(13-17)30-5/h7-13H,1,14H2,2-6H3/b9-7+. The zero-order valence-corrected chi connectivity index (χ0v) is 19.3. The Morgan fingerprint density at radius 3 is 2.27 bits per heavy atom. The van der Waals surface area contributed by atoms with Gasteiger partial charge in [0.2, 0.25) is 5.75 Å². The molecule has 0 fully saturated rings.